The van der Waals surface area contributed by atoms with E-state index in [-0.39, 0.29) is 0 Å². The van der Waals surface area contributed by atoms with Gasteiger partial charge in [0.1, 0.15) is 0 Å². The Labute approximate surface area is 83.6 Å². The summed E-state index contributed by atoms with van der Waals surface area (Å²) >= 11 is 0. The van der Waals surface area contributed by atoms with Crippen molar-refractivity contribution < 1.29 is 13.2 Å². The Morgan fingerprint density at radius 2 is 1.79 bits per heavy atom. The number of rotatable bonds is 3. The second-order valence-electron chi connectivity index (χ2n) is 3.43. The predicted octanol–water partition coefficient (Wildman–Crippen LogP) is 1.60. The number of hydrogen-bond donors (Lipinski definition) is 0. The molecule has 1 aromatic rings. The van der Waals surface area contributed by atoms with Gasteiger partial charge in [-0.2, -0.15) is 0 Å². The Hall–Kier alpha value is -0.870. The number of hydrogen-bond acceptors (Lipinski definition) is 3. The van der Waals surface area contributed by atoms with E-state index in [1.165, 1.54) is 7.11 Å². The highest BCUT2D eigenvalue weighted by Gasteiger charge is 2.55. The van der Waals surface area contributed by atoms with Crippen LogP contribution in [-0.2, 0) is 14.6 Å². The molecule has 0 spiro atoms. The van der Waals surface area contributed by atoms with E-state index in [2.05, 4.69) is 0 Å². The molecule has 1 fully saturated rings. The van der Waals surface area contributed by atoms with E-state index < -0.39 is 14.8 Å². The minimum Gasteiger partial charge on any atom is -0.362 e. The van der Waals surface area contributed by atoms with E-state index in [9.17, 15) is 8.42 Å². The summed E-state index contributed by atoms with van der Waals surface area (Å²) in [4.78, 5) is -0.590. The molecule has 4 heteroatoms. The zero-order valence-corrected chi connectivity index (χ0v) is 8.75. The van der Waals surface area contributed by atoms with Gasteiger partial charge in [-0.1, -0.05) is 18.2 Å². The highest BCUT2D eigenvalue weighted by molar-refractivity contribution is 7.93. The van der Waals surface area contributed by atoms with Crippen LogP contribution < -0.4 is 0 Å². The van der Waals surface area contributed by atoms with Gasteiger partial charge in [0.25, 0.3) is 0 Å². The predicted molar refractivity (Wildman–Crippen MR) is 52.6 cm³/mol. The summed E-state index contributed by atoms with van der Waals surface area (Å²) in [5.41, 5.74) is 0. The molecule has 1 aliphatic rings. The van der Waals surface area contributed by atoms with Crippen LogP contribution in [-0.4, -0.2) is 20.5 Å². The minimum absolute atomic E-state index is 0.347. The van der Waals surface area contributed by atoms with Crippen LogP contribution in [0.2, 0.25) is 0 Å². The van der Waals surface area contributed by atoms with Gasteiger partial charge in [-0.15, -0.1) is 0 Å². The molecule has 0 amide bonds. The average Bonchev–Trinajstić information content (AvgIpc) is 3.00. The van der Waals surface area contributed by atoms with E-state index in [4.69, 9.17) is 4.74 Å². The summed E-state index contributed by atoms with van der Waals surface area (Å²) < 4.78 is 29.1. The third kappa shape index (κ3) is 1.26. The van der Waals surface area contributed by atoms with Crippen LogP contribution >= 0.6 is 0 Å². The van der Waals surface area contributed by atoms with Crippen molar-refractivity contribution in [2.24, 2.45) is 0 Å². The zero-order valence-electron chi connectivity index (χ0n) is 7.93. The number of sulfone groups is 1. The molecule has 1 aliphatic carbocycles. The highest BCUT2D eigenvalue weighted by Crippen LogP contribution is 2.46. The Bertz CT molecular complexity index is 418. The SMILES string of the molecule is COC1(S(=O)(=O)c2ccccc2)CC1. The van der Waals surface area contributed by atoms with Crippen LogP contribution in [0, 0.1) is 0 Å². The van der Waals surface area contributed by atoms with Gasteiger partial charge in [-0.05, 0) is 25.0 Å². The lowest BCUT2D eigenvalue weighted by atomic mass is 10.4. The van der Waals surface area contributed by atoms with E-state index >= 15 is 0 Å². The third-order valence-electron chi connectivity index (χ3n) is 2.57. The second-order valence-corrected chi connectivity index (χ2v) is 5.65. The molecule has 0 N–H and O–H groups in total. The van der Waals surface area contributed by atoms with Gasteiger partial charge in [-0.25, -0.2) is 8.42 Å². The lowest BCUT2D eigenvalue weighted by Crippen LogP contribution is -2.25. The van der Waals surface area contributed by atoms with Crippen LogP contribution in [0.5, 0.6) is 0 Å². The lowest BCUT2D eigenvalue weighted by molar-refractivity contribution is 0.146. The number of benzene rings is 1. The van der Waals surface area contributed by atoms with Crippen molar-refractivity contribution >= 4 is 9.84 Å². The summed E-state index contributed by atoms with van der Waals surface area (Å²) in [6.45, 7) is 0. The molecule has 0 radical (unpaired) electrons. The highest BCUT2D eigenvalue weighted by atomic mass is 32.2. The molecule has 2 rings (SSSR count). The summed E-state index contributed by atoms with van der Waals surface area (Å²) in [6, 6.07) is 8.45. The first kappa shape index (κ1) is 9.68. The monoisotopic (exact) mass is 212 g/mol. The molecule has 0 saturated heterocycles. The maximum atomic E-state index is 12.0. The van der Waals surface area contributed by atoms with Crippen molar-refractivity contribution in [3.8, 4) is 0 Å². The fourth-order valence-corrected chi connectivity index (χ4v) is 3.30. The second kappa shape index (κ2) is 3.07. The fourth-order valence-electron chi connectivity index (χ4n) is 1.50. The van der Waals surface area contributed by atoms with Crippen molar-refractivity contribution in [1.29, 1.82) is 0 Å². The molecule has 0 aromatic heterocycles. The maximum absolute atomic E-state index is 12.0. The first-order valence-corrected chi connectivity index (χ1v) is 5.95. The Balaban J connectivity index is 2.44. The lowest BCUT2D eigenvalue weighted by Gasteiger charge is -2.13. The summed E-state index contributed by atoms with van der Waals surface area (Å²) in [6.07, 6.45) is 1.20. The van der Waals surface area contributed by atoms with Gasteiger partial charge < -0.3 is 4.74 Å². The molecule has 0 atom stereocenters. The van der Waals surface area contributed by atoms with Gasteiger partial charge in [0, 0.05) is 7.11 Å². The van der Waals surface area contributed by atoms with Gasteiger partial charge >= 0.3 is 0 Å². The zero-order chi connectivity index (χ0) is 10.2. The van der Waals surface area contributed by atoms with E-state index in [1.54, 1.807) is 30.3 Å². The van der Waals surface area contributed by atoms with Crippen molar-refractivity contribution in [1.82, 2.24) is 0 Å². The molecule has 1 aromatic carbocycles. The van der Waals surface area contributed by atoms with Crippen molar-refractivity contribution in [3.05, 3.63) is 30.3 Å². The van der Waals surface area contributed by atoms with Crippen LogP contribution in [0.15, 0.2) is 35.2 Å². The molecule has 76 valence electrons. The Morgan fingerprint density at radius 3 is 2.21 bits per heavy atom. The fraction of sp³-hybridized carbons (Fsp3) is 0.400. The smallest absolute Gasteiger partial charge is 0.208 e. The number of methoxy groups -OCH3 is 1. The molecule has 14 heavy (non-hydrogen) atoms. The first-order valence-electron chi connectivity index (χ1n) is 4.47. The van der Waals surface area contributed by atoms with Gasteiger partial charge in [0.15, 0.2) is 4.93 Å². The van der Waals surface area contributed by atoms with Crippen molar-refractivity contribution in [2.75, 3.05) is 7.11 Å². The summed E-state index contributed by atoms with van der Waals surface area (Å²) in [5, 5.41) is 0. The average molecular weight is 212 g/mol. The quantitative estimate of drug-likeness (QED) is 0.764. The Kier molecular flexibility index (Phi) is 2.12. The minimum atomic E-state index is -3.30. The number of ether oxygens (including phenoxy) is 1. The summed E-state index contributed by atoms with van der Waals surface area (Å²) in [5.74, 6) is 0. The molecule has 0 aliphatic heterocycles. The molecular weight excluding hydrogens is 200 g/mol. The third-order valence-corrected chi connectivity index (χ3v) is 5.02. The van der Waals surface area contributed by atoms with Crippen LogP contribution in [0.4, 0.5) is 0 Å². The topological polar surface area (TPSA) is 43.4 Å². The molecule has 1 saturated carbocycles. The first-order chi connectivity index (χ1) is 6.62. The van der Waals surface area contributed by atoms with Crippen molar-refractivity contribution in [2.45, 2.75) is 22.7 Å². The van der Waals surface area contributed by atoms with E-state index in [1.807, 2.05) is 0 Å². The molecule has 0 unspecified atom stereocenters. The van der Waals surface area contributed by atoms with E-state index in [0.29, 0.717) is 17.7 Å². The van der Waals surface area contributed by atoms with Gasteiger partial charge in [0.2, 0.25) is 9.84 Å². The standard InChI is InChI=1S/C10H12O3S/c1-13-10(7-8-10)14(11,12)9-5-3-2-4-6-9/h2-6H,7-8H2,1H3. The molecular formula is C10H12O3S. The van der Waals surface area contributed by atoms with Crippen molar-refractivity contribution in [3.63, 3.8) is 0 Å². The Morgan fingerprint density at radius 1 is 1.21 bits per heavy atom. The molecule has 3 nitrogen and oxygen atoms in total. The van der Waals surface area contributed by atoms with E-state index in [0.717, 1.165) is 0 Å². The van der Waals surface area contributed by atoms with Crippen LogP contribution in [0.3, 0.4) is 0 Å². The largest absolute Gasteiger partial charge is 0.362 e. The molecule has 0 bridgehead atoms. The summed E-state index contributed by atoms with van der Waals surface area (Å²) in [7, 11) is -1.85. The normalized spacial score (nSPS) is 19.2. The van der Waals surface area contributed by atoms with Gasteiger partial charge in [-0.3, -0.25) is 0 Å². The van der Waals surface area contributed by atoms with Gasteiger partial charge in [0.05, 0.1) is 4.90 Å². The van der Waals surface area contributed by atoms with Crippen LogP contribution in [0.25, 0.3) is 0 Å². The van der Waals surface area contributed by atoms with Crippen LogP contribution in [0.1, 0.15) is 12.8 Å². The maximum Gasteiger partial charge on any atom is 0.208 e. The molecule has 0 heterocycles.